The van der Waals surface area contributed by atoms with Gasteiger partial charge in [-0.05, 0) is 96.0 Å². The first-order chi connectivity index (χ1) is 41.9. The highest BCUT2D eigenvalue weighted by atomic mass is 31.2. The van der Waals surface area contributed by atoms with Crippen LogP contribution in [0, 0.1) is 0 Å². The van der Waals surface area contributed by atoms with Gasteiger partial charge in [0.15, 0.2) is 0 Å². The van der Waals surface area contributed by atoms with Crippen LogP contribution in [0.15, 0.2) is 60.8 Å². The molecule has 0 saturated carbocycles. The number of quaternary nitrogens is 1. The Bertz CT molecular complexity index is 1650. The van der Waals surface area contributed by atoms with Crippen molar-refractivity contribution in [3.05, 3.63) is 60.8 Å². The van der Waals surface area contributed by atoms with Crippen molar-refractivity contribution in [2.24, 2.45) is 0 Å². The predicted molar refractivity (Wildman–Crippen MR) is 374 cm³/mol. The molecule has 0 aliphatic rings. The van der Waals surface area contributed by atoms with Crippen LogP contribution in [-0.4, -0.2) is 74.3 Å². The lowest BCUT2D eigenvalue weighted by atomic mass is 10.0. The lowest BCUT2D eigenvalue weighted by molar-refractivity contribution is -0.870. The van der Waals surface area contributed by atoms with Gasteiger partial charge in [0.05, 0.1) is 33.8 Å². The molecule has 0 aromatic carbocycles. The maximum atomic E-state index is 13.6. The average Bonchev–Trinajstić information content (AvgIpc) is 3.69. The first kappa shape index (κ1) is 83.7. The number of rotatable bonds is 68. The van der Waals surface area contributed by atoms with E-state index in [1.165, 1.54) is 244 Å². The summed E-state index contributed by atoms with van der Waals surface area (Å²) in [5.41, 5.74) is 0. The molecular formula is C76H144N2O7P+. The van der Waals surface area contributed by atoms with E-state index in [1.807, 2.05) is 33.3 Å². The first-order valence-electron chi connectivity index (χ1n) is 37.1. The lowest BCUT2D eigenvalue weighted by Gasteiger charge is -2.27. The Hall–Kier alpha value is -2.29. The lowest BCUT2D eigenvalue weighted by Crippen LogP contribution is -2.47. The van der Waals surface area contributed by atoms with Gasteiger partial charge in [-0.1, -0.05) is 313 Å². The monoisotopic (exact) mass is 1230 g/mol. The quantitative estimate of drug-likeness (QED) is 0.0205. The number of carbonyl (C=O) groups excluding carboxylic acids is 2. The number of hydrogen-bond donors (Lipinski definition) is 2. The van der Waals surface area contributed by atoms with Crippen molar-refractivity contribution in [1.29, 1.82) is 0 Å². The Morgan fingerprint density at radius 1 is 0.407 bits per heavy atom. The summed E-state index contributed by atoms with van der Waals surface area (Å²) in [6.45, 7) is 7.02. The summed E-state index contributed by atoms with van der Waals surface area (Å²) >= 11 is 0. The third-order valence-corrected chi connectivity index (χ3v) is 17.7. The fourth-order valence-corrected chi connectivity index (χ4v) is 11.7. The maximum Gasteiger partial charge on any atom is 0.472 e. The van der Waals surface area contributed by atoms with Crippen LogP contribution in [0.25, 0.3) is 0 Å². The van der Waals surface area contributed by atoms with E-state index in [0.29, 0.717) is 17.4 Å². The topological polar surface area (TPSA) is 111 Å². The largest absolute Gasteiger partial charge is 0.472 e. The van der Waals surface area contributed by atoms with Crippen molar-refractivity contribution in [2.75, 3.05) is 40.9 Å². The number of hydrogen-bond acceptors (Lipinski definition) is 6. The molecule has 2 N–H and O–H groups in total. The van der Waals surface area contributed by atoms with E-state index in [9.17, 15) is 19.0 Å². The molecular weight excluding hydrogens is 1080 g/mol. The number of allylic oxidation sites excluding steroid dienone is 9. The molecule has 504 valence electrons. The van der Waals surface area contributed by atoms with E-state index in [1.54, 1.807) is 0 Å². The zero-order valence-corrected chi connectivity index (χ0v) is 58.7. The van der Waals surface area contributed by atoms with Gasteiger partial charge in [-0.25, -0.2) is 4.57 Å². The van der Waals surface area contributed by atoms with Crippen LogP contribution in [0.4, 0.5) is 0 Å². The van der Waals surface area contributed by atoms with E-state index in [2.05, 4.69) is 74.7 Å². The SMILES string of the molecule is CCCCC/C=C\C/C=C\C/C=C\CCCCCCCCCCC(=O)OC(/C=C\CCCCCCCCCCCC)C(COP(=O)(O)OCC[N+](C)(C)C)NC(=O)CCCCCCCCCCCCCCCCCCC/C=C/CCCCCCCC. The van der Waals surface area contributed by atoms with Gasteiger partial charge in [0, 0.05) is 12.8 Å². The van der Waals surface area contributed by atoms with Crippen molar-refractivity contribution >= 4 is 19.7 Å². The molecule has 0 fully saturated rings. The van der Waals surface area contributed by atoms with Gasteiger partial charge < -0.3 is 19.4 Å². The molecule has 3 unspecified atom stereocenters. The van der Waals surface area contributed by atoms with Gasteiger partial charge in [-0.3, -0.25) is 18.6 Å². The summed E-state index contributed by atoms with van der Waals surface area (Å²) in [7, 11) is 1.50. The molecule has 9 nitrogen and oxygen atoms in total. The van der Waals surface area contributed by atoms with Gasteiger partial charge in [0.25, 0.3) is 0 Å². The Labute approximate surface area is 534 Å². The van der Waals surface area contributed by atoms with Crippen LogP contribution in [0.3, 0.4) is 0 Å². The average molecular weight is 1230 g/mol. The molecule has 3 atom stereocenters. The first-order valence-corrected chi connectivity index (χ1v) is 38.6. The number of phosphoric acid groups is 1. The van der Waals surface area contributed by atoms with Crippen LogP contribution < -0.4 is 5.32 Å². The molecule has 0 bridgehead atoms. The van der Waals surface area contributed by atoms with Crippen molar-refractivity contribution in [1.82, 2.24) is 5.32 Å². The maximum absolute atomic E-state index is 13.6. The molecule has 0 aromatic rings. The number of ether oxygens (including phenoxy) is 1. The number of nitrogens with one attached hydrogen (secondary N) is 1. The fraction of sp³-hybridized carbons (Fsp3) is 0.842. The Morgan fingerprint density at radius 2 is 0.709 bits per heavy atom. The van der Waals surface area contributed by atoms with Gasteiger partial charge in [0.1, 0.15) is 19.3 Å². The molecule has 86 heavy (non-hydrogen) atoms. The molecule has 0 aromatic heterocycles. The minimum atomic E-state index is -4.46. The molecule has 0 heterocycles. The molecule has 0 aliphatic carbocycles. The van der Waals surface area contributed by atoms with E-state index >= 15 is 0 Å². The van der Waals surface area contributed by atoms with Crippen LogP contribution in [0.1, 0.15) is 361 Å². The number of likely N-dealkylation sites (N-methyl/N-ethyl adjacent to an activating group) is 1. The molecule has 0 aliphatic heterocycles. The number of esters is 1. The second-order valence-corrected chi connectivity index (χ2v) is 27.9. The normalized spacial score (nSPS) is 13.8. The molecule has 0 radical (unpaired) electrons. The Morgan fingerprint density at radius 3 is 1.09 bits per heavy atom. The smallest absolute Gasteiger partial charge is 0.456 e. The van der Waals surface area contributed by atoms with Gasteiger partial charge >= 0.3 is 13.8 Å². The highest BCUT2D eigenvalue weighted by Crippen LogP contribution is 2.43. The zero-order chi connectivity index (χ0) is 62.8. The minimum Gasteiger partial charge on any atom is -0.456 e. The zero-order valence-electron chi connectivity index (χ0n) is 57.8. The van der Waals surface area contributed by atoms with Crippen LogP contribution >= 0.6 is 7.82 Å². The van der Waals surface area contributed by atoms with Crippen LogP contribution in [0.5, 0.6) is 0 Å². The molecule has 1 amide bonds. The second-order valence-electron chi connectivity index (χ2n) is 26.5. The van der Waals surface area contributed by atoms with Gasteiger partial charge in [-0.15, -0.1) is 0 Å². The van der Waals surface area contributed by atoms with Crippen molar-refractivity contribution in [3.8, 4) is 0 Å². The molecule has 0 saturated heterocycles. The third kappa shape index (κ3) is 66.1. The number of carbonyl (C=O) groups is 2. The van der Waals surface area contributed by atoms with Gasteiger partial charge in [-0.2, -0.15) is 0 Å². The summed E-state index contributed by atoms with van der Waals surface area (Å²) in [6.07, 6.45) is 85.3. The Kier molecular flexibility index (Phi) is 63.9. The number of amides is 1. The predicted octanol–water partition coefficient (Wildman–Crippen LogP) is 23.7. The summed E-state index contributed by atoms with van der Waals surface area (Å²) in [5, 5.41) is 3.08. The molecule has 10 heteroatoms. The number of nitrogens with zero attached hydrogens (tertiary/aromatic N) is 1. The van der Waals surface area contributed by atoms with Crippen LogP contribution in [-0.2, 0) is 27.9 Å². The Balaban J connectivity index is 4.99. The molecule has 0 rings (SSSR count). The summed E-state index contributed by atoms with van der Waals surface area (Å²) in [6, 6.07) is -0.852. The fourth-order valence-electron chi connectivity index (χ4n) is 10.9. The van der Waals surface area contributed by atoms with E-state index in [4.69, 9.17) is 13.8 Å². The van der Waals surface area contributed by atoms with Crippen molar-refractivity contribution in [3.63, 3.8) is 0 Å². The van der Waals surface area contributed by atoms with Crippen LogP contribution in [0.2, 0.25) is 0 Å². The highest BCUT2D eigenvalue weighted by Gasteiger charge is 2.30. The minimum absolute atomic E-state index is 0.0394. The summed E-state index contributed by atoms with van der Waals surface area (Å²) in [4.78, 5) is 37.9. The van der Waals surface area contributed by atoms with Crippen molar-refractivity contribution < 1.29 is 37.3 Å². The van der Waals surface area contributed by atoms with Gasteiger partial charge in [0.2, 0.25) is 5.91 Å². The third-order valence-electron chi connectivity index (χ3n) is 16.7. The summed E-state index contributed by atoms with van der Waals surface area (Å²) in [5.74, 6) is -0.499. The second kappa shape index (κ2) is 65.7. The summed E-state index contributed by atoms with van der Waals surface area (Å²) < 4.78 is 30.9. The number of phosphoric ester groups is 1. The molecule has 0 spiro atoms. The van der Waals surface area contributed by atoms with Crippen molar-refractivity contribution in [2.45, 2.75) is 373 Å². The standard InChI is InChI=1S/C76H143N2O7P/c1-7-10-13-16-19-22-25-28-30-32-34-36-37-38-39-40-41-43-44-46-48-50-53-56-59-62-65-68-75(79)77-73(72-84-86(81,82)83-71-70-78(4,5)6)74(67-64-61-58-55-52-27-24-21-18-15-12-9-3)85-76(80)69-66-63-60-57-54-51-49-47-45-42-35-33-31-29-26-23-20-17-14-11-8-2/h20,23,28-31,35,42,64,67,73-74H,7-19,21-22,24-27,32-34,36-41,43-63,65-66,68-72H2,1-6H3,(H-,77,79,81,82)/p+1/b23-20-,30-28+,31-29-,42-35-,67-64-. The highest BCUT2D eigenvalue weighted by molar-refractivity contribution is 7.47. The van der Waals surface area contributed by atoms with E-state index < -0.39 is 20.0 Å². The van der Waals surface area contributed by atoms with E-state index in [0.717, 1.165) is 83.5 Å². The number of unbranched alkanes of at least 4 members (excludes halogenated alkanes) is 44. The van der Waals surface area contributed by atoms with E-state index in [-0.39, 0.29) is 31.5 Å².